The van der Waals surface area contributed by atoms with Gasteiger partial charge in [0.05, 0.1) is 28.4 Å². The number of nitriles is 1. The first-order valence-electron chi connectivity index (χ1n) is 12.4. The first-order chi connectivity index (χ1) is 17.9. The van der Waals surface area contributed by atoms with Gasteiger partial charge in [-0.2, -0.15) is 5.26 Å². The van der Waals surface area contributed by atoms with Crippen molar-refractivity contribution < 1.29 is 0 Å². The third-order valence-corrected chi connectivity index (χ3v) is 6.82. The second-order valence-corrected chi connectivity index (χ2v) is 9.78. The van der Waals surface area contributed by atoms with Gasteiger partial charge in [0.15, 0.2) is 5.82 Å². The van der Waals surface area contributed by atoms with Gasteiger partial charge in [-0.3, -0.25) is 0 Å². The van der Waals surface area contributed by atoms with E-state index in [2.05, 4.69) is 85.1 Å². The molecule has 0 unspecified atom stereocenters. The van der Waals surface area contributed by atoms with E-state index in [-0.39, 0.29) is 0 Å². The van der Waals surface area contributed by atoms with Gasteiger partial charge in [0.25, 0.3) is 0 Å². The quantitative estimate of drug-likeness (QED) is 0.259. The average Bonchev–Trinajstić information content (AvgIpc) is 3.20. The van der Waals surface area contributed by atoms with Crippen LogP contribution in [0.5, 0.6) is 0 Å². The van der Waals surface area contributed by atoms with E-state index in [1.807, 2.05) is 38.1 Å². The highest BCUT2D eigenvalue weighted by molar-refractivity contribution is 6.10. The predicted molar refractivity (Wildman–Crippen MR) is 151 cm³/mol. The Bertz CT molecular complexity index is 1850. The monoisotopic (exact) mass is 478 g/mol. The highest BCUT2D eigenvalue weighted by atomic mass is 15.0. The van der Waals surface area contributed by atoms with Gasteiger partial charge in [0.1, 0.15) is 0 Å². The van der Waals surface area contributed by atoms with E-state index in [9.17, 15) is 5.26 Å². The third kappa shape index (κ3) is 3.95. The highest BCUT2D eigenvalue weighted by Gasteiger charge is 2.18. The lowest BCUT2D eigenvalue weighted by Crippen LogP contribution is -2.02. The van der Waals surface area contributed by atoms with E-state index in [0.29, 0.717) is 11.4 Å². The molecule has 0 amide bonds. The minimum absolute atomic E-state index is 0.597. The summed E-state index contributed by atoms with van der Waals surface area (Å²) in [7, 11) is 0. The van der Waals surface area contributed by atoms with Crippen molar-refractivity contribution in [2.24, 2.45) is 0 Å². The molecule has 0 radical (unpaired) electrons. The Morgan fingerprint density at radius 2 is 1.35 bits per heavy atom. The minimum atomic E-state index is 0.597. The molecule has 6 aromatic rings. The van der Waals surface area contributed by atoms with Crippen molar-refractivity contribution in [1.82, 2.24) is 14.5 Å². The highest BCUT2D eigenvalue weighted by Crippen LogP contribution is 2.38. The lowest BCUT2D eigenvalue weighted by atomic mass is 9.99. The van der Waals surface area contributed by atoms with Crippen LogP contribution in [0, 0.1) is 39.0 Å². The summed E-state index contributed by atoms with van der Waals surface area (Å²) in [4.78, 5) is 9.54. The van der Waals surface area contributed by atoms with Gasteiger partial charge in [0.2, 0.25) is 0 Å². The van der Waals surface area contributed by atoms with Crippen LogP contribution in [-0.2, 0) is 0 Å². The molecule has 0 N–H and O–H groups in total. The van der Waals surface area contributed by atoms with E-state index in [1.54, 1.807) is 0 Å². The first-order valence-corrected chi connectivity index (χ1v) is 12.4. The topological polar surface area (TPSA) is 54.5 Å². The number of hydrogen-bond donors (Lipinski definition) is 0. The van der Waals surface area contributed by atoms with Gasteiger partial charge < -0.3 is 4.57 Å². The van der Waals surface area contributed by atoms with Crippen LogP contribution in [0.2, 0.25) is 0 Å². The molecule has 0 saturated heterocycles. The van der Waals surface area contributed by atoms with Crippen molar-refractivity contribution in [3.63, 3.8) is 0 Å². The molecule has 0 atom stereocenters. The SMILES string of the molecule is Cc1cc(C)cc(-c2ccc3c4ccccc4n(-c4cc(C#N)ccc4-c4nc(C)cc(C)n4)c3c2)c1. The molecular weight excluding hydrogens is 452 g/mol. The van der Waals surface area contributed by atoms with Crippen LogP contribution >= 0.6 is 0 Å². The maximum absolute atomic E-state index is 9.79. The fourth-order valence-corrected chi connectivity index (χ4v) is 5.37. The van der Waals surface area contributed by atoms with Crippen LogP contribution in [0.3, 0.4) is 0 Å². The molecule has 0 aliphatic carbocycles. The van der Waals surface area contributed by atoms with Crippen molar-refractivity contribution in [3.05, 3.63) is 113 Å². The molecule has 0 aliphatic rings. The van der Waals surface area contributed by atoms with Gasteiger partial charge in [-0.25, -0.2) is 9.97 Å². The maximum Gasteiger partial charge on any atom is 0.161 e. The second kappa shape index (κ2) is 8.72. The van der Waals surface area contributed by atoms with Gasteiger partial charge in [-0.1, -0.05) is 59.7 Å². The predicted octanol–water partition coefficient (Wildman–Crippen LogP) is 8.01. The summed E-state index contributed by atoms with van der Waals surface area (Å²) in [6.07, 6.45) is 0. The second-order valence-electron chi connectivity index (χ2n) is 9.78. The number of aromatic nitrogens is 3. The van der Waals surface area contributed by atoms with Crippen LogP contribution in [0.15, 0.2) is 84.9 Å². The van der Waals surface area contributed by atoms with Crippen molar-refractivity contribution in [3.8, 4) is 34.3 Å². The zero-order valence-corrected chi connectivity index (χ0v) is 21.4. The van der Waals surface area contributed by atoms with Gasteiger partial charge in [-0.15, -0.1) is 0 Å². The zero-order chi connectivity index (χ0) is 25.7. The number of aryl methyl sites for hydroxylation is 4. The number of hydrogen-bond acceptors (Lipinski definition) is 3. The lowest BCUT2D eigenvalue weighted by molar-refractivity contribution is 1.05. The molecule has 4 nitrogen and oxygen atoms in total. The summed E-state index contributed by atoms with van der Waals surface area (Å²) in [5.41, 5.74) is 11.2. The average molecular weight is 479 g/mol. The Morgan fingerprint density at radius 3 is 2.08 bits per heavy atom. The normalized spacial score (nSPS) is 11.2. The fraction of sp³-hybridized carbons (Fsp3) is 0.121. The Hall–Kier alpha value is -4.75. The van der Waals surface area contributed by atoms with E-state index >= 15 is 0 Å². The number of para-hydroxylation sites is 1. The molecule has 4 aromatic carbocycles. The van der Waals surface area contributed by atoms with E-state index in [0.717, 1.165) is 39.2 Å². The summed E-state index contributed by atoms with van der Waals surface area (Å²) < 4.78 is 2.26. The van der Waals surface area contributed by atoms with Crippen LogP contribution in [0.1, 0.15) is 28.1 Å². The van der Waals surface area contributed by atoms with Gasteiger partial charge >= 0.3 is 0 Å². The standard InChI is InChI=1S/C33H26N4/c1-20-13-21(2)15-26(14-20)25-10-12-28-27-7-5-6-8-30(27)37(32(28)18-25)31-17-24(19-34)9-11-29(31)33-35-22(3)16-23(4)36-33/h5-18H,1-4H3. The zero-order valence-electron chi connectivity index (χ0n) is 21.4. The van der Waals surface area contributed by atoms with E-state index in [1.165, 1.54) is 27.5 Å². The Kier molecular flexibility index (Phi) is 5.35. The first kappa shape index (κ1) is 22.7. The molecule has 4 heteroatoms. The van der Waals surface area contributed by atoms with Gasteiger partial charge in [0, 0.05) is 27.7 Å². The number of benzene rings is 4. The number of fused-ring (bicyclic) bond motifs is 3. The molecule has 2 heterocycles. The summed E-state index contributed by atoms with van der Waals surface area (Å²) >= 11 is 0. The molecule has 0 bridgehead atoms. The molecule has 0 aliphatic heterocycles. The molecule has 178 valence electrons. The van der Waals surface area contributed by atoms with Crippen molar-refractivity contribution in [1.29, 1.82) is 5.26 Å². The maximum atomic E-state index is 9.79. The summed E-state index contributed by atoms with van der Waals surface area (Å²) in [6, 6.07) is 31.8. The largest absolute Gasteiger partial charge is 0.308 e. The molecule has 0 fully saturated rings. The molecule has 2 aromatic heterocycles. The van der Waals surface area contributed by atoms with E-state index in [4.69, 9.17) is 9.97 Å². The van der Waals surface area contributed by atoms with Crippen LogP contribution < -0.4 is 0 Å². The smallest absolute Gasteiger partial charge is 0.161 e. The molecular formula is C33H26N4. The third-order valence-electron chi connectivity index (χ3n) is 6.82. The minimum Gasteiger partial charge on any atom is -0.308 e. The molecule has 6 rings (SSSR count). The summed E-state index contributed by atoms with van der Waals surface area (Å²) in [5.74, 6) is 0.661. The summed E-state index contributed by atoms with van der Waals surface area (Å²) in [5, 5.41) is 12.1. The number of nitrogens with zero attached hydrogens (tertiary/aromatic N) is 4. The Labute approximate surface area is 216 Å². The van der Waals surface area contributed by atoms with Crippen LogP contribution in [0.25, 0.3) is 50.0 Å². The van der Waals surface area contributed by atoms with Crippen LogP contribution in [-0.4, -0.2) is 14.5 Å². The van der Waals surface area contributed by atoms with Crippen LogP contribution in [0.4, 0.5) is 0 Å². The molecule has 37 heavy (non-hydrogen) atoms. The fourth-order valence-electron chi connectivity index (χ4n) is 5.37. The molecule has 0 spiro atoms. The number of rotatable bonds is 3. The van der Waals surface area contributed by atoms with Gasteiger partial charge in [-0.05, 0) is 75.2 Å². The summed E-state index contributed by atoms with van der Waals surface area (Å²) in [6.45, 7) is 8.24. The van der Waals surface area contributed by atoms with Crippen molar-refractivity contribution in [2.75, 3.05) is 0 Å². The van der Waals surface area contributed by atoms with Crippen molar-refractivity contribution in [2.45, 2.75) is 27.7 Å². The Morgan fingerprint density at radius 1 is 0.649 bits per heavy atom. The van der Waals surface area contributed by atoms with Crippen molar-refractivity contribution >= 4 is 21.8 Å². The van der Waals surface area contributed by atoms with E-state index < -0.39 is 0 Å². The Balaban J connectivity index is 1.71. The lowest BCUT2D eigenvalue weighted by Gasteiger charge is -2.15. The molecule has 0 saturated carbocycles.